The quantitative estimate of drug-likeness (QED) is 0.204. The highest BCUT2D eigenvalue weighted by Gasteiger charge is 2.62. The second kappa shape index (κ2) is 10.0. The predicted molar refractivity (Wildman–Crippen MR) is 183 cm³/mol. The number of aromatic nitrogens is 4. The van der Waals surface area contributed by atoms with E-state index >= 15 is 0 Å². The summed E-state index contributed by atoms with van der Waals surface area (Å²) in [6.45, 7) is 0. The first-order valence-corrected chi connectivity index (χ1v) is 16.8. The number of rotatable bonds is 4. The molecule has 4 nitrogen and oxygen atoms in total. The Morgan fingerprint density at radius 1 is 0.435 bits per heavy atom. The van der Waals surface area contributed by atoms with E-state index in [1.165, 1.54) is 48.9 Å². The molecule has 4 heteroatoms. The molecule has 0 amide bonds. The molecule has 0 atom stereocenters. The van der Waals surface area contributed by atoms with E-state index in [1.54, 1.807) is 5.56 Å². The minimum absolute atomic E-state index is 0.0519. The first kappa shape index (κ1) is 26.3. The number of benzene rings is 4. The van der Waals surface area contributed by atoms with Crippen molar-refractivity contribution in [1.82, 2.24) is 19.9 Å². The Labute approximate surface area is 269 Å². The van der Waals surface area contributed by atoms with Gasteiger partial charge in [-0.2, -0.15) is 0 Å². The molecule has 0 aliphatic heterocycles. The largest absolute Gasteiger partial charge is 0.251 e. The lowest BCUT2D eigenvalue weighted by Crippen LogP contribution is -2.55. The fourth-order valence-corrected chi connectivity index (χ4v) is 9.87. The monoisotopic (exact) mass is 594 g/mol. The molecule has 46 heavy (non-hydrogen) atoms. The van der Waals surface area contributed by atoms with Gasteiger partial charge < -0.3 is 0 Å². The van der Waals surface area contributed by atoms with Gasteiger partial charge in [-0.05, 0) is 79.0 Å². The van der Waals surface area contributed by atoms with Crippen LogP contribution in [0.1, 0.15) is 43.4 Å². The molecule has 2 heterocycles. The van der Waals surface area contributed by atoms with E-state index in [0.717, 1.165) is 39.8 Å². The van der Waals surface area contributed by atoms with Gasteiger partial charge in [-0.25, -0.2) is 15.0 Å². The summed E-state index contributed by atoms with van der Waals surface area (Å²) in [5.74, 6) is 5.22. The van der Waals surface area contributed by atoms with Gasteiger partial charge in [0.2, 0.25) is 0 Å². The third kappa shape index (κ3) is 3.86. The Balaban J connectivity index is 1.10. The molecule has 222 valence electrons. The van der Waals surface area contributed by atoms with Crippen LogP contribution >= 0.6 is 0 Å². The van der Waals surface area contributed by atoms with Gasteiger partial charge >= 0.3 is 0 Å². The van der Waals surface area contributed by atoms with E-state index in [-0.39, 0.29) is 5.41 Å². The third-order valence-electron chi connectivity index (χ3n) is 11.5. The van der Waals surface area contributed by atoms with Gasteiger partial charge in [-0.15, -0.1) is 0 Å². The first-order chi connectivity index (χ1) is 22.7. The van der Waals surface area contributed by atoms with Crippen molar-refractivity contribution in [2.45, 2.75) is 37.5 Å². The summed E-state index contributed by atoms with van der Waals surface area (Å²) in [4.78, 5) is 20.5. The van der Waals surface area contributed by atoms with E-state index < -0.39 is 0 Å². The molecule has 0 saturated heterocycles. The van der Waals surface area contributed by atoms with Crippen molar-refractivity contribution >= 4 is 0 Å². The minimum Gasteiger partial charge on any atom is -0.251 e. The fraction of sp³-hybridized carbons (Fsp3) is 0.238. The van der Waals surface area contributed by atoms with Gasteiger partial charge in [0.05, 0.1) is 11.4 Å². The van der Waals surface area contributed by atoms with Gasteiger partial charge in [-0.1, -0.05) is 109 Å². The van der Waals surface area contributed by atoms with E-state index in [1.807, 2.05) is 36.4 Å². The van der Waals surface area contributed by atoms with Crippen LogP contribution in [-0.4, -0.2) is 19.9 Å². The maximum absolute atomic E-state index is 5.65. The van der Waals surface area contributed by atoms with E-state index in [0.29, 0.717) is 29.3 Å². The summed E-state index contributed by atoms with van der Waals surface area (Å²) >= 11 is 0. The van der Waals surface area contributed by atoms with Crippen LogP contribution in [0.5, 0.6) is 0 Å². The second-order valence-electron chi connectivity index (χ2n) is 13.9. The molecule has 6 aromatic rings. The van der Waals surface area contributed by atoms with Crippen molar-refractivity contribution < 1.29 is 0 Å². The van der Waals surface area contributed by atoms with Crippen LogP contribution in [-0.2, 0) is 5.41 Å². The molecule has 0 N–H and O–H groups in total. The number of hydrogen-bond donors (Lipinski definition) is 0. The van der Waals surface area contributed by atoms with Crippen LogP contribution in [0.25, 0.3) is 56.5 Å². The highest BCUT2D eigenvalue weighted by atomic mass is 15.0. The zero-order valence-corrected chi connectivity index (χ0v) is 25.7. The van der Waals surface area contributed by atoms with Crippen molar-refractivity contribution in [2.24, 2.45) is 23.7 Å². The van der Waals surface area contributed by atoms with E-state index in [4.69, 9.17) is 19.9 Å². The number of fused-ring (bicyclic) bond motifs is 3. The van der Waals surface area contributed by atoms with Crippen molar-refractivity contribution in [3.8, 4) is 56.5 Å². The van der Waals surface area contributed by atoms with Crippen molar-refractivity contribution in [2.75, 3.05) is 0 Å². The Kier molecular flexibility index (Phi) is 5.72. The van der Waals surface area contributed by atoms with E-state index in [9.17, 15) is 0 Å². The number of pyridine rings is 1. The summed E-state index contributed by atoms with van der Waals surface area (Å²) in [6.07, 6.45) is 6.88. The highest BCUT2D eigenvalue weighted by molar-refractivity contribution is 5.82. The summed E-state index contributed by atoms with van der Waals surface area (Å²) in [7, 11) is 0. The van der Waals surface area contributed by atoms with Crippen LogP contribution in [0.2, 0.25) is 0 Å². The molecule has 1 spiro atoms. The molecular formula is C42H34N4. The lowest BCUT2D eigenvalue weighted by atomic mass is 9.43. The van der Waals surface area contributed by atoms with Gasteiger partial charge in [0, 0.05) is 33.2 Å². The standard InChI is InChI=1S/C42H34N4/c1-3-10-28(11-4-1)39-44-40(29-12-5-2-6-13-29)46-41(45-39)31-15-9-14-30(25-31)37-19-18-35-34-16-7-8-17-36(34)42(38(35)43-37)32-21-26-20-27(23-32)24-33(42)22-26/h1-19,25-27,32-33H,20-24H2. The minimum atomic E-state index is 0.0519. The molecule has 4 fully saturated rings. The Bertz CT molecular complexity index is 2030. The Hall–Kier alpha value is -4.96. The van der Waals surface area contributed by atoms with Gasteiger partial charge in [0.15, 0.2) is 17.5 Å². The maximum atomic E-state index is 5.65. The zero-order chi connectivity index (χ0) is 30.2. The topological polar surface area (TPSA) is 51.6 Å². The zero-order valence-electron chi connectivity index (χ0n) is 25.7. The van der Waals surface area contributed by atoms with Crippen LogP contribution in [0, 0.1) is 23.7 Å². The van der Waals surface area contributed by atoms with Crippen molar-refractivity contribution in [3.63, 3.8) is 0 Å². The Morgan fingerprint density at radius 3 is 1.63 bits per heavy atom. The van der Waals surface area contributed by atoms with Crippen LogP contribution in [0.15, 0.2) is 121 Å². The molecule has 11 rings (SSSR count). The molecular weight excluding hydrogens is 560 g/mol. The van der Waals surface area contributed by atoms with Gasteiger partial charge in [0.25, 0.3) is 0 Å². The number of nitrogens with zero attached hydrogens (tertiary/aromatic N) is 4. The molecule has 5 aliphatic rings. The normalized spacial score (nSPS) is 25.0. The van der Waals surface area contributed by atoms with Gasteiger partial charge in [0.1, 0.15) is 0 Å². The first-order valence-electron chi connectivity index (χ1n) is 16.8. The summed E-state index contributed by atoms with van der Waals surface area (Å²) in [5, 5.41) is 0. The lowest BCUT2D eigenvalue weighted by Gasteiger charge is -2.60. The molecule has 4 bridgehead atoms. The van der Waals surface area contributed by atoms with Crippen LogP contribution < -0.4 is 0 Å². The summed E-state index contributed by atoms with van der Waals surface area (Å²) in [5.41, 5.74) is 10.7. The molecule has 0 unspecified atom stereocenters. The van der Waals surface area contributed by atoms with Crippen molar-refractivity contribution in [1.29, 1.82) is 0 Å². The lowest BCUT2D eigenvalue weighted by molar-refractivity contribution is -0.0415. The molecule has 4 saturated carbocycles. The van der Waals surface area contributed by atoms with E-state index in [2.05, 4.69) is 84.9 Å². The molecule has 2 aromatic heterocycles. The van der Waals surface area contributed by atoms with Crippen LogP contribution in [0.4, 0.5) is 0 Å². The second-order valence-corrected chi connectivity index (χ2v) is 13.9. The summed E-state index contributed by atoms with van der Waals surface area (Å²) < 4.78 is 0. The van der Waals surface area contributed by atoms with Crippen molar-refractivity contribution in [3.05, 3.63) is 133 Å². The molecule has 4 aromatic carbocycles. The highest BCUT2D eigenvalue weighted by Crippen LogP contribution is 2.69. The average molecular weight is 595 g/mol. The fourth-order valence-electron chi connectivity index (χ4n) is 9.87. The maximum Gasteiger partial charge on any atom is 0.164 e. The number of hydrogen-bond acceptors (Lipinski definition) is 4. The average Bonchev–Trinajstić information content (AvgIpc) is 3.41. The summed E-state index contributed by atoms with van der Waals surface area (Å²) in [6, 6.07) is 42.7. The third-order valence-corrected chi connectivity index (χ3v) is 11.5. The van der Waals surface area contributed by atoms with Gasteiger partial charge in [-0.3, -0.25) is 4.98 Å². The van der Waals surface area contributed by atoms with Crippen LogP contribution in [0.3, 0.4) is 0 Å². The smallest absolute Gasteiger partial charge is 0.164 e. The molecule has 5 aliphatic carbocycles. The predicted octanol–water partition coefficient (Wildman–Crippen LogP) is 9.66. The molecule has 0 radical (unpaired) electrons. The SMILES string of the molecule is c1ccc(-c2nc(-c3ccccc3)nc(-c3cccc(-c4ccc5c(n4)C4(c6ccccc6-5)C5CC6CC(C5)CC4C6)c3)n2)cc1. The Morgan fingerprint density at radius 2 is 0.978 bits per heavy atom.